The maximum absolute atomic E-state index is 13.4. The van der Waals surface area contributed by atoms with E-state index in [9.17, 15) is 12.8 Å². The monoisotopic (exact) mass is 409 g/mol. The molecule has 1 aliphatic rings. The molecule has 2 aromatic rings. The van der Waals surface area contributed by atoms with E-state index in [4.69, 9.17) is 21.1 Å². The Morgan fingerprint density at radius 1 is 1.15 bits per heavy atom. The molecule has 0 aromatic heterocycles. The van der Waals surface area contributed by atoms with E-state index in [1.54, 1.807) is 35.4 Å². The van der Waals surface area contributed by atoms with Crippen LogP contribution in [0.1, 0.15) is 0 Å². The largest absolute Gasteiger partial charge is 0.493 e. The van der Waals surface area contributed by atoms with Crippen LogP contribution in [0.15, 0.2) is 70.7 Å². The topological polar surface area (TPSA) is 55.8 Å². The Hall–Kier alpha value is -2.51. The number of hydrogen-bond acceptors (Lipinski definition) is 5. The molecule has 0 aliphatic carbocycles. The maximum Gasteiger partial charge on any atom is 0.196 e. The van der Waals surface area contributed by atoms with Crippen molar-refractivity contribution in [2.75, 3.05) is 18.3 Å². The number of benzene rings is 2. The second-order valence-corrected chi connectivity index (χ2v) is 8.31. The van der Waals surface area contributed by atoms with E-state index in [0.717, 1.165) is 6.26 Å². The van der Waals surface area contributed by atoms with Crippen LogP contribution in [-0.4, -0.2) is 28.0 Å². The zero-order valence-corrected chi connectivity index (χ0v) is 16.2. The van der Waals surface area contributed by atoms with E-state index in [2.05, 4.69) is 0 Å². The van der Waals surface area contributed by atoms with Crippen LogP contribution < -0.4 is 14.4 Å². The van der Waals surface area contributed by atoms with Gasteiger partial charge in [0.05, 0.1) is 17.0 Å². The minimum absolute atomic E-state index is 0.178. The molecule has 5 nitrogen and oxygen atoms in total. The summed E-state index contributed by atoms with van der Waals surface area (Å²) in [6.07, 6.45) is 5.50. The van der Waals surface area contributed by atoms with Gasteiger partial charge in [0.25, 0.3) is 0 Å². The highest BCUT2D eigenvalue weighted by Crippen LogP contribution is 2.32. The molecule has 142 valence electrons. The summed E-state index contributed by atoms with van der Waals surface area (Å²) in [5.74, 6) is 0.136. The third-order valence-electron chi connectivity index (χ3n) is 3.87. The van der Waals surface area contributed by atoms with Gasteiger partial charge in [0.1, 0.15) is 5.82 Å². The number of allylic oxidation sites excluding steroid dienone is 2. The molecule has 0 fully saturated rings. The lowest BCUT2D eigenvalue weighted by molar-refractivity contribution is 0.238. The number of sulfone groups is 1. The van der Waals surface area contributed by atoms with Gasteiger partial charge >= 0.3 is 0 Å². The first-order chi connectivity index (χ1) is 12.8. The SMILES string of the molecule is COc1cc(F)ccc1OC1C=CC(Cl)=CN1c1cccc(S(C)(=O)=O)c1. The van der Waals surface area contributed by atoms with Gasteiger partial charge in [-0.25, -0.2) is 12.8 Å². The molecule has 8 heteroatoms. The molecule has 1 atom stereocenters. The second-order valence-electron chi connectivity index (χ2n) is 5.85. The zero-order chi connectivity index (χ0) is 19.6. The summed E-state index contributed by atoms with van der Waals surface area (Å²) in [7, 11) is -1.95. The number of halogens is 2. The van der Waals surface area contributed by atoms with Crippen LogP contribution in [0.4, 0.5) is 10.1 Å². The van der Waals surface area contributed by atoms with Crippen molar-refractivity contribution in [1.82, 2.24) is 0 Å². The van der Waals surface area contributed by atoms with Gasteiger partial charge in [0.2, 0.25) is 0 Å². The Balaban J connectivity index is 1.97. The number of methoxy groups -OCH3 is 1. The Morgan fingerprint density at radius 2 is 1.93 bits per heavy atom. The molecule has 1 heterocycles. The normalized spacial score (nSPS) is 16.8. The van der Waals surface area contributed by atoms with Crippen LogP contribution in [0.25, 0.3) is 0 Å². The first-order valence-electron chi connectivity index (χ1n) is 7.92. The van der Waals surface area contributed by atoms with Gasteiger partial charge in [-0.2, -0.15) is 0 Å². The molecule has 27 heavy (non-hydrogen) atoms. The van der Waals surface area contributed by atoms with Crippen LogP contribution in [0.5, 0.6) is 11.5 Å². The van der Waals surface area contributed by atoms with E-state index < -0.39 is 21.9 Å². The summed E-state index contributed by atoms with van der Waals surface area (Å²) in [5, 5.41) is 0.450. The lowest BCUT2D eigenvalue weighted by Crippen LogP contribution is -2.36. The molecule has 0 radical (unpaired) electrons. The molecular formula is C19H17ClFNO4S. The molecule has 0 spiro atoms. The van der Waals surface area contributed by atoms with E-state index in [1.807, 2.05) is 0 Å². The quantitative estimate of drug-likeness (QED) is 0.744. The molecule has 2 aromatic carbocycles. The maximum atomic E-state index is 13.4. The lowest BCUT2D eigenvalue weighted by Gasteiger charge is -2.31. The number of hydrogen-bond donors (Lipinski definition) is 0. The van der Waals surface area contributed by atoms with E-state index >= 15 is 0 Å². The Bertz CT molecular complexity index is 1020. The average molecular weight is 410 g/mol. The minimum Gasteiger partial charge on any atom is -0.493 e. The molecule has 0 bridgehead atoms. The number of anilines is 1. The fourth-order valence-electron chi connectivity index (χ4n) is 2.58. The highest BCUT2D eigenvalue weighted by molar-refractivity contribution is 7.90. The number of ether oxygens (including phenoxy) is 2. The van der Waals surface area contributed by atoms with Gasteiger partial charge in [0, 0.05) is 24.2 Å². The van der Waals surface area contributed by atoms with Crippen molar-refractivity contribution in [3.63, 3.8) is 0 Å². The highest BCUT2D eigenvalue weighted by Gasteiger charge is 2.23. The van der Waals surface area contributed by atoms with E-state index in [0.29, 0.717) is 16.5 Å². The van der Waals surface area contributed by atoms with Gasteiger partial charge in [0.15, 0.2) is 27.6 Å². The van der Waals surface area contributed by atoms with Crippen LogP contribution in [-0.2, 0) is 9.84 Å². The summed E-state index contributed by atoms with van der Waals surface area (Å²) in [6, 6.07) is 10.4. The zero-order valence-electron chi connectivity index (χ0n) is 14.6. The summed E-state index contributed by atoms with van der Waals surface area (Å²) < 4.78 is 48.3. The predicted molar refractivity (Wildman–Crippen MR) is 102 cm³/mol. The standard InChI is InChI=1S/C19H17ClFNO4S/c1-25-18-10-14(21)7-8-17(18)26-19-9-6-13(20)12-22(19)15-4-3-5-16(11-15)27(2,23)24/h3-12,19H,1-2H3. The van der Waals surface area contributed by atoms with Gasteiger partial charge in [-0.15, -0.1) is 0 Å². The fourth-order valence-corrected chi connectivity index (χ4v) is 3.42. The molecule has 1 aliphatic heterocycles. The third kappa shape index (κ3) is 4.43. The van der Waals surface area contributed by atoms with Crippen LogP contribution >= 0.6 is 11.6 Å². The summed E-state index contributed by atoms with van der Waals surface area (Å²) in [4.78, 5) is 1.86. The molecule has 3 rings (SSSR count). The van der Waals surface area contributed by atoms with Crippen LogP contribution in [0, 0.1) is 5.82 Å². The summed E-state index contributed by atoms with van der Waals surface area (Å²) in [6.45, 7) is 0. The first-order valence-corrected chi connectivity index (χ1v) is 10.2. The average Bonchev–Trinajstić information content (AvgIpc) is 2.64. The predicted octanol–water partition coefficient (Wildman–Crippen LogP) is 4.10. The highest BCUT2D eigenvalue weighted by atomic mass is 35.5. The Labute approximate surface area is 162 Å². The summed E-state index contributed by atoms with van der Waals surface area (Å²) in [5.41, 5.74) is 0.575. The van der Waals surface area contributed by atoms with Gasteiger partial charge < -0.3 is 14.4 Å². The molecular weight excluding hydrogens is 393 g/mol. The smallest absolute Gasteiger partial charge is 0.196 e. The van der Waals surface area contributed by atoms with Gasteiger partial charge in [-0.1, -0.05) is 17.7 Å². The van der Waals surface area contributed by atoms with Gasteiger partial charge in [-0.3, -0.25) is 0 Å². The molecule has 0 saturated heterocycles. The minimum atomic E-state index is -3.37. The van der Waals surface area contributed by atoms with Crippen molar-refractivity contribution in [2.45, 2.75) is 11.1 Å². The Kier molecular flexibility index (Phi) is 5.43. The number of nitrogens with zero attached hydrogens (tertiary/aromatic N) is 1. The van der Waals surface area contributed by atoms with Crippen LogP contribution in [0.2, 0.25) is 0 Å². The van der Waals surface area contributed by atoms with Crippen molar-refractivity contribution in [3.05, 3.63) is 71.7 Å². The molecule has 0 N–H and O–H groups in total. The van der Waals surface area contributed by atoms with Crippen molar-refractivity contribution >= 4 is 27.1 Å². The van der Waals surface area contributed by atoms with Crippen molar-refractivity contribution in [3.8, 4) is 11.5 Å². The summed E-state index contributed by atoms with van der Waals surface area (Å²) >= 11 is 6.12. The molecule has 1 unspecified atom stereocenters. The second kappa shape index (κ2) is 7.62. The van der Waals surface area contributed by atoms with Gasteiger partial charge in [-0.05, 0) is 42.5 Å². The van der Waals surface area contributed by atoms with E-state index in [-0.39, 0.29) is 10.6 Å². The first kappa shape index (κ1) is 19.3. The molecule has 0 saturated carbocycles. The third-order valence-corrected chi connectivity index (χ3v) is 5.21. The van der Waals surface area contributed by atoms with Crippen molar-refractivity contribution in [2.24, 2.45) is 0 Å². The van der Waals surface area contributed by atoms with E-state index in [1.165, 1.54) is 37.4 Å². The van der Waals surface area contributed by atoms with Crippen molar-refractivity contribution in [1.29, 1.82) is 0 Å². The fraction of sp³-hybridized carbons (Fsp3) is 0.158. The number of rotatable bonds is 5. The lowest BCUT2D eigenvalue weighted by atomic mass is 10.2. The molecule has 0 amide bonds. The van der Waals surface area contributed by atoms with Crippen LogP contribution in [0.3, 0.4) is 0 Å². The Morgan fingerprint density at radius 3 is 2.63 bits per heavy atom. The van der Waals surface area contributed by atoms with Crippen molar-refractivity contribution < 1.29 is 22.3 Å².